The quantitative estimate of drug-likeness (QED) is 0.0347. The van der Waals surface area contributed by atoms with Crippen LogP contribution in [0.25, 0.3) is 0 Å². The molecule has 0 aliphatic heterocycles. The molecule has 6 nitrogen and oxygen atoms in total. The SMILES string of the molecule is CCCCCCCCCCCCCCCCCC(=O)OCC(COC(=O)[C@H](CCC)CCCCCC)OC(=O)CCCCCCCCCCCCCCCCC. The molecule has 2 atom stereocenters. The second-order valence-corrected chi connectivity index (χ2v) is 17.2. The molecular weight excluding hydrogens is 697 g/mol. The van der Waals surface area contributed by atoms with Crippen LogP contribution in [0.1, 0.15) is 278 Å². The van der Waals surface area contributed by atoms with Crippen LogP contribution < -0.4 is 0 Å². The average molecular weight is 793 g/mol. The van der Waals surface area contributed by atoms with Gasteiger partial charge in [-0.25, -0.2) is 0 Å². The van der Waals surface area contributed by atoms with Crippen LogP contribution in [0.2, 0.25) is 0 Å². The van der Waals surface area contributed by atoms with E-state index in [2.05, 4.69) is 27.7 Å². The van der Waals surface area contributed by atoms with Gasteiger partial charge in [-0.15, -0.1) is 0 Å². The van der Waals surface area contributed by atoms with Crippen molar-refractivity contribution in [3.8, 4) is 0 Å². The Bertz CT molecular complexity index is 843. The summed E-state index contributed by atoms with van der Waals surface area (Å²) in [6, 6.07) is 0. The van der Waals surface area contributed by atoms with Gasteiger partial charge in [0.15, 0.2) is 6.10 Å². The van der Waals surface area contributed by atoms with Gasteiger partial charge in [-0.3, -0.25) is 14.4 Å². The Kier molecular flexibility index (Phi) is 43.2. The van der Waals surface area contributed by atoms with Crippen LogP contribution in [0.3, 0.4) is 0 Å². The maximum atomic E-state index is 13.1. The zero-order chi connectivity index (χ0) is 41.0. The molecule has 0 aromatic heterocycles. The summed E-state index contributed by atoms with van der Waals surface area (Å²) in [6.45, 7) is 8.69. The van der Waals surface area contributed by atoms with Crippen molar-refractivity contribution in [3.05, 3.63) is 0 Å². The summed E-state index contributed by atoms with van der Waals surface area (Å²) >= 11 is 0. The van der Waals surface area contributed by atoms with Crippen molar-refractivity contribution in [1.29, 1.82) is 0 Å². The van der Waals surface area contributed by atoms with Crippen LogP contribution in [0.15, 0.2) is 0 Å². The number of esters is 3. The number of unbranched alkanes of at least 4 members (excludes halogenated alkanes) is 31. The Morgan fingerprint density at radius 3 is 1.04 bits per heavy atom. The molecule has 0 aromatic carbocycles. The van der Waals surface area contributed by atoms with E-state index in [9.17, 15) is 14.4 Å². The molecule has 0 spiro atoms. The van der Waals surface area contributed by atoms with E-state index in [1.165, 1.54) is 161 Å². The Balaban J connectivity index is 4.42. The third kappa shape index (κ3) is 39.2. The van der Waals surface area contributed by atoms with Crippen LogP contribution in [-0.4, -0.2) is 37.2 Å². The zero-order valence-electron chi connectivity index (χ0n) is 38.1. The van der Waals surface area contributed by atoms with E-state index in [1.807, 2.05) is 0 Å². The van der Waals surface area contributed by atoms with Crippen molar-refractivity contribution in [2.24, 2.45) is 5.92 Å². The maximum Gasteiger partial charge on any atom is 0.309 e. The summed E-state index contributed by atoms with van der Waals surface area (Å²) in [5, 5.41) is 0. The molecule has 1 unspecified atom stereocenters. The summed E-state index contributed by atoms with van der Waals surface area (Å²) in [5.41, 5.74) is 0. The topological polar surface area (TPSA) is 78.9 Å². The first-order valence-corrected chi connectivity index (χ1v) is 25.0. The fourth-order valence-corrected chi connectivity index (χ4v) is 7.74. The molecule has 56 heavy (non-hydrogen) atoms. The van der Waals surface area contributed by atoms with Crippen LogP contribution >= 0.6 is 0 Å². The molecule has 0 saturated carbocycles. The number of ether oxygens (including phenoxy) is 3. The van der Waals surface area contributed by atoms with Crippen molar-refractivity contribution >= 4 is 17.9 Å². The minimum Gasteiger partial charge on any atom is -0.462 e. The van der Waals surface area contributed by atoms with Gasteiger partial charge in [0, 0.05) is 12.8 Å². The standard InChI is InChI=1S/C50H96O6/c1-5-9-12-15-17-19-21-23-25-27-29-31-33-35-38-42-48(51)54-44-47(45-55-50(53)46(40-8-4)41-37-14-11-7-3)56-49(52)43-39-36-34-32-30-28-26-24-22-20-18-16-13-10-6-2/h46-47H,5-45H2,1-4H3/t46-,47?/m1/s1. The lowest BCUT2D eigenvalue weighted by Gasteiger charge is -2.20. The Hall–Kier alpha value is -1.59. The van der Waals surface area contributed by atoms with Crippen molar-refractivity contribution in [3.63, 3.8) is 0 Å². The van der Waals surface area contributed by atoms with Crippen molar-refractivity contribution in [1.82, 2.24) is 0 Å². The van der Waals surface area contributed by atoms with Gasteiger partial charge < -0.3 is 14.2 Å². The highest BCUT2D eigenvalue weighted by Gasteiger charge is 2.23. The summed E-state index contributed by atoms with van der Waals surface area (Å²) in [4.78, 5) is 38.5. The third-order valence-corrected chi connectivity index (χ3v) is 11.5. The highest BCUT2D eigenvalue weighted by Crippen LogP contribution is 2.20. The molecule has 0 N–H and O–H groups in total. The summed E-state index contributed by atoms with van der Waals surface area (Å²) in [6.07, 6.45) is 45.3. The van der Waals surface area contributed by atoms with Gasteiger partial charge in [0.2, 0.25) is 0 Å². The molecule has 6 heteroatoms. The smallest absolute Gasteiger partial charge is 0.309 e. The molecule has 0 aliphatic carbocycles. The fraction of sp³-hybridized carbons (Fsp3) is 0.940. The molecule has 0 amide bonds. The van der Waals surface area contributed by atoms with Gasteiger partial charge in [0.25, 0.3) is 0 Å². The predicted octanol–water partition coefficient (Wildman–Crippen LogP) is 15.9. The number of hydrogen-bond acceptors (Lipinski definition) is 6. The normalized spacial score (nSPS) is 12.4. The monoisotopic (exact) mass is 793 g/mol. The van der Waals surface area contributed by atoms with Gasteiger partial charge in [-0.05, 0) is 25.7 Å². The second kappa shape index (κ2) is 44.5. The zero-order valence-corrected chi connectivity index (χ0v) is 38.1. The first kappa shape index (κ1) is 54.4. The molecular formula is C50H96O6. The lowest BCUT2D eigenvalue weighted by Crippen LogP contribution is -2.32. The van der Waals surface area contributed by atoms with Gasteiger partial charge in [-0.1, -0.05) is 240 Å². The summed E-state index contributed by atoms with van der Waals surface area (Å²) in [5.74, 6) is -0.935. The average Bonchev–Trinajstić information content (AvgIpc) is 3.19. The van der Waals surface area contributed by atoms with Gasteiger partial charge in [0.05, 0.1) is 5.92 Å². The van der Waals surface area contributed by atoms with Crippen LogP contribution in [0.4, 0.5) is 0 Å². The summed E-state index contributed by atoms with van der Waals surface area (Å²) < 4.78 is 17.1. The Morgan fingerprint density at radius 1 is 0.339 bits per heavy atom. The molecule has 0 rings (SSSR count). The molecule has 0 aliphatic rings. The Labute approximate surface area is 348 Å². The maximum absolute atomic E-state index is 13.1. The first-order chi connectivity index (χ1) is 27.5. The molecule has 332 valence electrons. The lowest BCUT2D eigenvalue weighted by molar-refractivity contribution is -0.168. The lowest BCUT2D eigenvalue weighted by atomic mass is 9.96. The van der Waals surface area contributed by atoms with E-state index in [1.54, 1.807) is 0 Å². The number of carbonyl (C=O) groups is 3. The molecule has 0 radical (unpaired) electrons. The van der Waals surface area contributed by atoms with Crippen LogP contribution in [-0.2, 0) is 28.6 Å². The highest BCUT2D eigenvalue weighted by molar-refractivity contribution is 5.72. The second-order valence-electron chi connectivity index (χ2n) is 17.2. The third-order valence-electron chi connectivity index (χ3n) is 11.5. The predicted molar refractivity (Wildman–Crippen MR) is 238 cm³/mol. The van der Waals surface area contributed by atoms with E-state index < -0.39 is 6.10 Å². The van der Waals surface area contributed by atoms with E-state index in [4.69, 9.17) is 14.2 Å². The van der Waals surface area contributed by atoms with Crippen LogP contribution in [0.5, 0.6) is 0 Å². The summed E-state index contributed by atoms with van der Waals surface area (Å²) in [7, 11) is 0. The largest absolute Gasteiger partial charge is 0.462 e. The van der Waals surface area contributed by atoms with Crippen molar-refractivity contribution in [2.45, 2.75) is 284 Å². The molecule has 0 heterocycles. The van der Waals surface area contributed by atoms with E-state index in [-0.39, 0.29) is 37.0 Å². The minimum atomic E-state index is -0.768. The number of hydrogen-bond donors (Lipinski definition) is 0. The molecule has 0 aromatic rings. The van der Waals surface area contributed by atoms with Crippen LogP contribution in [0, 0.1) is 5.92 Å². The van der Waals surface area contributed by atoms with Crippen molar-refractivity contribution < 1.29 is 28.6 Å². The van der Waals surface area contributed by atoms with E-state index >= 15 is 0 Å². The van der Waals surface area contributed by atoms with Gasteiger partial charge >= 0.3 is 17.9 Å². The fourth-order valence-electron chi connectivity index (χ4n) is 7.74. The molecule has 0 saturated heterocycles. The first-order valence-electron chi connectivity index (χ1n) is 25.0. The number of carbonyl (C=O) groups excluding carboxylic acids is 3. The highest BCUT2D eigenvalue weighted by atomic mass is 16.6. The Morgan fingerprint density at radius 2 is 0.661 bits per heavy atom. The minimum absolute atomic E-state index is 0.0646. The molecule has 0 fully saturated rings. The van der Waals surface area contributed by atoms with Gasteiger partial charge in [0.1, 0.15) is 13.2 Å². The van der Waals surface area contributed by atoms with E-state index in [0.717, 1.165) is 77.0 Å². The van der Waals surface area contributed by atoms with Crippen molar-refractivity contribution in [2.75, 3.05) is 13.2 Å². The number of rotatable bonds is 45. The van der Waals surface area contributed by atoms with Gasteiger partial charge in [-0.2, -0.15) is 0 Å². The van der Waals surface area contributed by atoms with E-state index in [0.29, 0.717) is 12.8 Å². The molecule has 0 bridgehead atoms.